The van der Waals surface area contributed by atoms with E-state index in [-0.39, 0.29) is 5.78 Å². The first-order valence-electron chi connectivity index (χ1n) is 4.38. The predicted octanol–water partition coefficient (Wildman–Crippen LogP) is 4.07. The van der Waals surface area contributed by atoms with Crippen LogP contribution in [0.15, 0.2) is 28.7 Å². The van der Waals surface area contributed by atoms with Crippen LogP contribution >= 0.6 is 15.9 Å². The van der Waals surface area contributed by atoms with Gasteiger partial charge in [0.15, 0.2) is 5.78 Å². The highest BCUT2D eigenvalue weighted by atomic mass is 79.9. The molecule has 2 heteroatoms. The van der Waals surface area contributed by atoms with Crippen LogP contribution in [0.3, 0.4) is 0 Å². The molecule has 0 saturated carbocycles. The molecule has 0 atom stereocenters. The molecule has 0 aliphatic rings. The number of halogens is 1. The van der Waals surface area contributed by atoms with Crippen molar-refractivity contribution in [2.24, 2.45) is 0 Å². The number of rotatable bonds is 1. The average Bonchev–Trinajstić information content (AvgIpc) is 2.06. The van der Waals surface area contributed by atoms with E-state index in [1.165, 1.54) is 6.42 Å². The van der Waals surface area contributed by atoms with Gasteiger partial charge in [0.2, 0.25) is 0 Å². The molecule has 0 saturated heterocycles. The summed E-state index contributed by atoms with van der Waals surface area (Å²) in [6.45, 7) is 5.81. The van der Waals surface area contributed by atoms with Crippen molar-refractivity contribution in [1.82, 2.24) is 0 Å². The highest BCUT2D eigenvalue weighted by Gasteiger charge is 1.95. The largest absolute Gasteiger partial charge is 0.295 e. The van der Waals surface area contributed by atoms with Crippen LogP contribution in [0, 0.1) is 0 Å². The van der Waals surface area contributed by atoms with Gasteiger partial charge in [-0.15, -0.1) is 0 Å². The Hall–Kier alpha value is -0.630. The summed E-state index contributed by atoms with van der Waals surface area (Å²) < 4.78 is 0.998. The molecule has 1 rings (SSSR count). The number of carbonyl (C=O) groups is 1. The second kappa shape index (κ2) is 6.84. The van der Waals surface area contributed by atoms with Gasteiger partial charge < -0.3 is 0 Å². The molecule has 0 aliphatic carbocycles. The van der Waals surface area contributed by atoms with Crippen LogP contribution in [0.1, 0.15) is 37.6 Å². The molecule has 0 unspecified atom stereocenters. The molecule has 1 aromatic rings. The van der Waals surface area contributed by atoms with E-state index in [4.69, 9.17) is 0 Å². The Morgan fingerprint density at radius 2 is 1.62 bits per heavy atom. The van der Waals surface area contributed by atoms with E-state index in [9.17, 15) is 4.79 Å². The smallest absolute Gasteiger partial charge is 0.159 e. The minimum atomic E-state index is 0.104. The third kappa shape index (κ3) is 5.58. The Kier molecular flexibility index (Phi) is 6.51. The van der Waals surface area contributed by atoms with Crippen molar-refractivity contribution < 1.29 is 4.79 Å². The van der Waals surface area contributed by atoms with Gasteiger partial charge in [-0.3, -0.25) is 4.79 Å². The van der Waals surface area contributed by atoms with Crippen LogP contribution in [-0.2, 0) is 0 Å². The zero-order valence-electron chi connectivity index (χ0n) is 8.30. The van der Waals surface area contributed by atoms with Crippen LogP contribution in [0.5, 0.6) is 0 Å². The lowest BCUT2D eigenvalue weighted by Crippen LogP contribution is -1.89. The molecule has 0 fully saturated rings. The predicted molar refractivity (Wildman–Crippen MR) is 60.1 cm³/mol. The zero-order valence-corrected chi connectivity index (χ0v) is 9.89. The van der Waals surface area contributed by atoms with E-state index >= 15 is 0 Å². The molecule has 72 valence electrons. The molecule has 1 nitrogen and oxygen atoms in total. The number of Topliss-reactive ketones (excluding diaryl/α,β-unsaturated/α-hetero) is 1. The summed E-state index contributed by atoms with van der Waals surface area (Å²) in [4.78, 5) is 10.7. The number of ketones is 1. The highest BCUT2D eigenvalue weighted by molar-refractivity contribution is 9.10. The van der Waals surface area contributed by atoms with Crippen molar-refractivity contribution in [3.8, 4) is 0 Å². The maximum Gasteiger partial charge on any atom is 0.159 e. The summed E-state index contributed by atoms with van der Waals surface area (Å²) in [6, 6.07) is 7.31. The van der Waals surface area contributed by atoms with Crippen molar-refractivity contribution in [3.63, 3.8) is 0 Å². The summed E-state index contributed by atoms with van der Waals surface area (Å²) in [5, 5.41) is 0. The van der Waals surface area contributed by atoms with Gasteiger partial charge in [0.25, 0.3) is 0 Å². The van der Waals surface area contributed by atoms with Gasteiger partial charge in [-0.25, -0.2) is 0 Å². The van der Waals surface area contributed by atoms with Crippen LogP contribution in [0.2, 0.25) is 0 Å². The molecule has 0 aliphatic heterocycles. The van der Waals surface area contributed by atoms with Gasteiger partial charge in [0.05, 0.1) is 0 Å². The van der Waals surface area contributed by atoms with Crippen LogP contribution in [-0.4, -0.2) is 5.78 Å². The lowest BCUT2D eigenvalue weighted by Gasteiger charge is -1.92. The Balaban J connectivity index is 0.000000424. The Labute approximate surface area is 88.3 Å². The monoisotopic (exact) mass is 242 g/mol. The fraction of sp³-hybridized carbons (Fsp3) is 0.364. The van der Waals surface area contributed by atoms with Crippen molar-refractivity contribution in [2.75, 3.05) is 0 Å². The Morgan fingerprint density at radius 3 is 1.92 bits per heavy atom. The summed E-state index contributed by atoms with van der Waals surface area (Å²) in [6.07, 6.45) is 1.25. The molecule has 0 aromatic heterocycles. The maximum absolute atomic E-state index is 10.7. The van der Waals surface area contributed by atoms with Crippen molar-refractivity contribution in [2.45, 2.75) is 27.2 Å². The maximum atomic E-state index is 10.7. The van der Waals surface area contributed by atoms with Crippen LogP contribution in [0.4, 0.5) is 0 Å². The molecule has 0 bridgehead atoms. The third-order valence-corrected chi connectivity index (χ3v) is 1.78. The first kappa shape index (κ1) is 12.4. The Morgan fingerprint density at radius 1 is 1.23 bits per heavy atom. The van der Waals surface area contributed by atoms with Gasteiger partial charge in [0, 0.05) is 10.0 Å². The minimum Gasteiger partial charge on any atom is -0.295 e. The van der Waals surface area contributed by atoms with Gasteiger partial charge in [0.1, 0.15) is 0 Å². The SMILES string of the molecule is CC(=O)c1ccc(Br)cc1.CCC. The first-order chi connectivity index (χ1) is 6.11. The van der Waals surface area contributed by atoms with E-state index in [0.29, 0.717) is 0 Å². The summed E-state index contributed by atoms with van der Waals surface area (Å²) in [7, 11) is 0. The summed E-state index contributed by atoms with van der Waals surface area (Å²) in [5.41, 5.74) is 0.753. The van der Waals surface area contributed by atoms with Gasteiger partial charge in [-0.1, -0.05) is 48.3 Å². The molecule has 1 aromatic carbocycles. The van der Waals surface area contributed by atoms with Gasteiger partial charge >= 0.3 is 0 Å². The number of carbonyl (C=O) groups excluding carboxylic acids is 1. The van der Waals surface area contributed by atoms with E-state index < -0.39 is 0 Å². The molecular weight excluding hydrogens is 228 g/mol. The minimum absolute atomic E-state index is 0.104. The highest BCUT2D eigenvalue weighted by Crippen LogP contribution is 2.10. The number of hydrogen-bond donors (Lipinski definition) is 0. The number of benzene rings is 1. The van der Waals surface area contributed by atoms with Gasteiger partial charge in [-0.2, -0.15) is 0 Å². The average molecular weight is 243 g/mol. The fourth-order valence-corrected chi connectivity index (χ4v) is 0.949. The fourth-order valence-electron chi connectivity index (χ4n) is 0.685. The standard InChI is InChI=1S/C8H7BrO.C3H8/c1-6(10)7-2-4-8(9)5-3-7;1-3-2/h2-5H,1H3;3H2,1-2H3. The second-order valence-corrected chi connectivity index (χ2v) is 3.69. The van der Waals surface area contributed by atoms with Gasteiger partial charge in [-0.05, 0) is 19.1 Å². The quantitative estimate of drug-likeness (QED) is 0.679. The lowest BCUT2D eigenvalue weighted by molar-refractivity contribution is 0.101. The molecule has 13 heavy (non-hydrogen) atoms. The van der Waals surface area contributed by atoms with E-state index in [1.54, 1.807) is 19.1 Å². The summed E-state index contributed by atoms with van der Waals surface area (Å²) in [5.74, 6) is 0.104. The topological polar surface area (TPSA) is 17.1 Å². The molecule has 0 spiro atoms. The molecule has 0 N–H and O–H groups in total. The van der Waals surface area contributed by atoms with Crippen molar-refractivity contribution in [3.05, 3.63) is 34.3 Å². The Bertz CT molecular complexity index is 251. The number of hydrogen-bond acceptors (Lipinski definition) is 1. The normalized spacial score (nSPS) is 8.62. The van der Waals surface area contributed by atoms with E-state index in [1.807, 2.05) is 12.1 Å². The third-order valence-electron chi connectivity index (χ3n) is 1.25. The van der Waals surface area contributed by atoms with E-state index in [2.05, 4.69) is 29.8 Å². The summed E-state index contributed by atoms with van der Waals surface area (Å²) >= 11 is 3.28. The second-order valence-electron chi connectivity index (χ2n) is 2.77. The molecule has 0 heterocycles. The van der Waals surface area contributed by atoms with Crippen molar-refractivity contribution >= 4 is 21.7 Å². The van der Waals surface area contributed by atoms with Crippen molar-refractivity contribution in [1.29, 1.82) is 0 Å². The lowest BCUT2D eigenvalue weighted by atomic mass is 10.2. The molecule has 0 amide bonds. The van der Waals surface area contributed by atoms with Crippen LogP contribution < -0.4 is 0 Å². The van der Waals surface area contributed by atoms with Crippen LogP contribution in [0.25, 0.3) is 0 Å². The molecule has 0 radical (unpaired) electrons. The zero-order chi connectivity index (χ0) is 10.3. The van der Waals surface area contributed by atoms with E-state index in [0.717, 1.165) is 10.0 Å². The molecular formula is C11H15BrO. The first-order valence-corrected chi connectivity index (χ1v) is 5.17.